The summed E-state index contributed by atoms with van der Waals surface area (Å²) >= 11 is 0. The van der Waals surface area contributed by atoms with Gasteiger partial charge in [-0.1, -0.05) is 30.3 Å². The van der Waals surface area contributed by atoms with Gasteiger partial charge in [-0.15, -0.1) is 0 Å². The second kappa shape index (κ2) is 7.57. The Hall–Kier alpha value is -2.53. The molecule has 0 spiro atoms. The Kier molecular flexibility index (Phi) is 5.24. The van der Waals surface area contributed by atoms with Gasteiger partial charge in [-0.05, 0) is 36.6 Å². The second-order valence-electron chi connectivity index (χ2n) is 6.21. The Bertz CT molecular complexity index is 746. The molecule has 0 bridgehead atoms. The van der Waals surface area contributed by atoms with E-state index in [1.165, 1.54) is 0 Å². The Morgan fingerprint density at radius 3 is 2.64 bits per heavy atom. The number of likely N-dealkylation sites (tertiary alicyclic amines) is 1. The summed E-state index contributed by atoms with van der Waals surface area (Å²) in [5.74, 6) is 0.798. The van der Waals surface area contributed by atoms with Gasteiger partial charge in [-0.3, -0.25) is 9.69 Å². The van der Waals surface area contributed by atoms with Gasteiger partial charge in [-0.2, -0.15) is 0 Å². The molecule has 0 amide bonds. The van der Waals surface area contributed by atoms with E-state index in [9.17, 15) is 9.90 Å². The molecule has 5 heteroatoms. The van der Waals surface area contributed by atoms with Crippen LogP contribution in [-0.2, 0) is 11.3 Å². The third-order valence-corrected chi connectivity index (χ3v) is 4.80. The average molecular weight is 341 g/mol. The Labute approximate surface area is 147 Å². The number of methoxy groups -OCH3 is 2. The molecule has 1 N–H and O–H groups in total. The van der Waals surface area contributed by atoms with Crippen molar-refractivity contribution in [1.82, 2.24) is 4.90 Å². The molecule has 5 nitrogen and oxygen atoms in total. The summed E-state index contributed by atoms with van der Waals surface area (Å²) in [5.41, 5.74) is 2.07. The number of para-hydroxylation sites is 1. The Morgan fingerprint density at radius 1 is 1.12 bits per heavy atom. The van der Waals surface area contributed by atoms with Crippen LogP contribution in [0.1, 0.15) is 30.0 Å². The van der Waals surface area contributed by atoms with E-state index in [0.717, 1.165) is 29.0 Å². The van der Waals surface area contributed by atoms with Crippen LogP contribution in [0.25, 0.3) is 0 Å². The fraction of sp³-hybridized carbons (Fsp3) is 0.350. The lowest BCUT2D eigenvalue weighted by Crippen LogP contribution is -2.37. The molecule has 0 aliphatic carbocycles. The molecular weight excluding hydrogens is 318 g/mol. The predicted octanol–water partition coefficient (Wildman–Crippen LogP) is 3.49. The largest absolute Gasteiger partial charge is 0.497 e. The van der Waals surface area contributed by atoms with E-state index in [-0.39, 0.29) is 6.04 Å². The van der Waals surface area contributed by atoms with Gasteiger partial charge in [0.05, 0.1) is 14.2 Å². The highest BCUT2D eigenvalue weighted by atomic mass is 16.5. The molecule has 2 aromatic carbocycles. The maximum Gasteiger partial charge on any atom is 0.320 e. The van der Waals surface area contributed by atoms with Gasteiger partial charge in [0.2, 0.25) is 0 Å². The summed E-state index contributed by atoms with van der Waals surface area (Å²) in [6.45, 7) is 0.552. The van der Waals surface area contributed by atoms with Crippen LogP contribution in [-0.4, -0.2) is 36.2 Å². The Morgan fingerprint density at radius 2 is 1.92 bits per heavy atom. The fourth-order valence-corrected chi connectivity index (χ4v) is 3.61. The van der Waals surface area contributed by atoms with Crippen molar-refractivity contribution in [3.05, 3.63) is 59.7 Å². The molecule has 0 aromatic heterocycles. The van der Waals surface area contributed by atoms with E-state index in [1.807, 2.05) is 48.5 Å². The first-order valence-electron chi connectivity index (χ1n) is 8.38. The van der Waals surface area contributed by atoms with Crippen molar-refractivity contribution in [1.29, 1.82) is 0 Å². The minimum absolute atomic E-state index is 0.0171. The molecule has 0 unspecified atom stereocenters. The van der Waals surface area contributed by atoms with Gasteiger partial charge in [0.25, 0.3) is 0 Å². The standard InChI is InChI=1S/C20H23NO4/c1-24-15-7-5-6-14(12-15)13-21-17(10-11-18(21)20(22)23)16-8-3-4-9-19(16)25-2/h3-9,12,17-18H,10-11,13H2,1-2H3,(H,22,23)/t17-,18+/m1/s1. The number of aliphatic carboxylic acids is 1. The van der Waals surface area contributed by atoms with Crippen molar-refractivity contribution in [3.8, 4) is 11.5 Å². The maximum atomic E-state index is 11.8. The molecule has 3 rings (SSSR count). The zero-order chi connectivity index (χ0) is 17.8. The zero-order valence-electron chi connectivity index (χ0n) is 14.5. The predicted molar refractivity (Wildman–Crippen MR) is 94.9 cm³/mol. The minimum atomic E-state index is -0.778. The monoisotopic (exact) mass is 341 g/mol. The third-order valence-electron chi connectivity index (χ3n) is 4.80. The van der Waals surface area contributed by atoms with Crippen molar-refractivity contribution >= 4 is 5.97 Å². The molecule has 2 atom stereocenters. The van der Waals surface area contributed by atoms with Crippen LogP contribution < -0.4 is 9.47 Å². The highest BCUT2D eigenvalue weighted by Gasteiger charge is 2.39. The normalized spacial score (nSPS) is 20.4. The number of hydrogen-bond donors (Lipinski definition) is 1. The lowest BCUT2D eigenvalue weighted by molar-refractivity contribution is -0.142. The quantitative estimate of drug-likeness (QED) is 0.871. The first kappa shape index (κ1) is 17.3. The number of benzene rings is 2. The van der Waals surface area contributed by atoms with Crippen LogP contribution in [0.15, 0.2) is 48.5 Å². The van der Waals surface area contributed by atoms with Crippen LogP contribution in [0.3, 0.4) is 0 Å². The van der Waals surface area contributed by atoms with Gasteiger partial charge in [0.1, 0.15) is 17.5 Å². The van der Waals surface area contributed by atoms with Crippen LogP contribution in [0.4, 0.5) is 0 Å². The highest BCUT2D eigenvalue weighted by Crippen LogP contribution is 2.41. The molecule has 132 valence electrons. The summed E-state index contributed by atoms with van der Waals surface area (Å²) in [6, 6.07) is 15.1. The van der Waals surface area contributed by atoms with Gasteiger partial charge < -0.3 is 14.6 Å². The molecule has 25 heavy (non-hydrogen) atoms. The third kappa shape index (κ3) is 3.61. The van der Waals surface area contributed by atoms with Crippen molar-refractivity contribution in [2.45, 2.75) is 31.5 Å². The van der Waals surface area contributed by atoms with Gasteiger partial charge in [0.15, 0.2) is 0 Å². The van der Waals surface area contributed by atoms with Crippen LogP contribution in [0.2, 0.25) is 0 Å². The summed E-state index contributed by atoms with van der Waals surface area (Å²) in [4.78, 5) is 13.8. The van der Waals surface area contributed by atoms with E-state index in [0.29, 0.717) is 13.0 Å². The number of carboxylic acids is 1. The summed E-state index contributed by atoms with van der Waals surface area (Å²) in [7, 11) is 3.28. The first-order valence-corrected chi connectivity index (χ1v) is 8.38. The molecule has 1 saturated heterocycles. The number of rotatable bonds is 6. The van der Waals surface area contributed by atoms with Gasteiger partial charge in [-0.25, -0.2) is 0 Å². The summed E-state index contributed by atoms with van der Waals surface area (Å²) in [5, 5.41) is 9.66. The van der Waals surface area contributed by atoms with E-state index < -0.39 is 12.0 Å². The highest BCUT2D eigenvalue weighted by molar-refractivity contribution is 5.74. The van der Waals surface area contributed by atoms with Gasteiger partial charge in [0, 0.05) is 18.2 Å². The lowest BCUT2D eigenvalue weighted by atomic mass is 10.0. The molecule has 1 aliphatic rings. The number of ether oxygens (including phenoxy) is 2. The molecule has 0 radical (unpaired) electrons. The van der Waals surface area contributed by atoms with E-state index in [1.54, 1.807) is 14.2 Å². The second-order valence-corrected chi connectivity index (χ2v) is 6.21. The Balaban J connectivity index is 1.93. The van der Waals surface area contributed by atoms with Crippen LogP contribution in [0, 0.1) is 0 Å². The molecule has 2 aromatic rings. The number of nitrogens with zero attached hydrogens (tertiary/aromatic N) is 1. The van der Waals surface area contributed by atoms with Crippen LogP contribution in [0.5, 0.6) is 11.5 Å². The van der Waals surface area contributed by atoms with E-state index >= 15 is 0 Å². The molecular formula is C20H23NO4. The van der Waals surface area contributed by atoms with Crippen LogP contribution >= 0.6 is 0 Å². The van der Waals surface area contributed by atoms with Crippen molar-refractivity contribution in [3.63, 3.8) is 0 Å². The number of hydrogen-bond acceptors (Lipinski definition) is 4. The first-order chi connectivity index (χ1) is 12.1. The summed E-state index contributed by atoms with van der Waals surface area (Å²) < 4.78 is 10.8. The number of carbonyl (C=O) groups is 1. The van der Waals surface area contributed by atoms with Gasteiger partial charge >= 0.3 is 5.97 Å². The molecule has 0 saturated carbocycles. The number of carboxylic acid groups (broad SMARTS) is 1. The summed E-state index contributed by atoms with van der Waals surface area (Å²) in [6.07, 6.45) is 1.42. The van der Waals surface area contributed by atoms with Crippen molar-refractivity contribution < 1.29 is 19.4 Å². The molecule has 1 aliphatic heterocycles. The topological polar surface area (TPSA) is 59.0 Å². The van der Waals surface area contributed by atoms with Crippen molar-refractivity contribution in [2.75, 3.05) is 14.2 Å². The smallest absolute Gasteiger partial charge is 0.320 e. The fourth-order valence-electron chi connectivity index (χ4n) is 3.61. The zero-order valence-corrected chi connectivity index (χ0v) is 14.5. The van der Waals surface area contributed by atoms with Crippen molar-refractivity contribution in [2.24, 2.45) is 0 Å². The maximum absolute atomic E-state index is 11.8. The minimum Gasteiger partial charge on any atom is -0.497 e. The molecule has 1 fully saturated rings. The molecule has 1 heterocycles. The average Bonchev–Trinajstić information content (AvgIpc) is 3.05. The van der Waals surface area contributed by atoms with E-state index in [4.69, 9.17) is 9.47 Å². The van der Waals surface area contributed by atoms with E-state index in [2.05, 4.69) is 4.90 Å². The lowest BCUT2D eigenvalue weighted by Gasteiger charge is -2.29. The SMILES string of the molecule is COc1cccc(CN2[C@@H](c3ccccc3OC)CC[C@H]2C(=O)O)c1.